The molecule has 0 aromatic carbocycles. The molecule has 7 nitrogen and oxygen atoms in total. The van der Waals surface area contributed by atoms with E-state index in [9.17, 15) is 4.79 Å². The van der Waals surface area contributed by atoms with Crippen LogP contribution >= 0.6 is 0 Å². The zero-order chi connectivity index (χ0) is 18.8. The Labute approximate surface area is 149 Å². The Hall–Kier alpha value is -2.44. The molecule has 0 aliphatic carbocycles. The average Bonchev–Trinajstić information content (AvgIpc) is 2.89. The molecule has 0 aliphatic heterocycles. The Kier molecular flexibility index (Phi) is 5.15. The van der Waals surface area contributed by atoms with Crippen LogP contribution in [-0.2, 0) is 17.5 Å². The van der Waals surface area contributed by atoms with Gasteiger partial charge in [0.1, 0.15) is 11.6 Å². The van der Waals surface area contributed by atoms with Crippen molar-refractivity contribution >= 4 is 11.8 Å². The van der Waals surface area contributed by atoms with Crippen molar-refractivity contribution < 1.29 is 4.79 Å². The summed E-state index contributed by atoms with van der Waals surface area (Å²) in [6.07, 6.45) is 1.68. The number of carbonyl (C=O) groups excluding carboxylic acids is 1. The molecule has 25 heavy (non-hydrogen) atoms. The molecule has 7 heteroatoms. The second kappa shape index (κ2) is 6.82. The van der Waals surface area contributed by atoms with Crippen LogP contribution in [-0.4, -0.2) is 25.8 Å². The van der Waals surface area contributed by atoms with Crippen molar-refractivity contribution in [3.8, 4) is 0 Å². The van der Waals surface area contributed by atoms with Gasteiger partial charge in [-0.3, -0.25) is 5.32 Å². The number of amides is 2. The van der Waals surface area contributed by atoms with Crippen molar-refractivity contribution in [1.29, 1.82) is 0 Å². The highest BCUT2D eigenvalue weighted by Gasteiger charge is 2.25. The highest BCUT2D eigenvalue weighted by Crippen LogP contribution is 2.28. The third-order valence-electron chi connectivity index (χ3n) is 3.62. The van der Waals surface area contributed by atoms with Crippen LogP contribution in [0.3, 0.4) is 0 Å². The summed E-state index contributed by atoms with van der Waals surface area (Å²) in [4.78, 5) is 20.6. The summed E-state index contributed by atoms with van der Waals surface area (Å²) in [5.41, 5.74) is 1.36. The molecular weight excluding hydrogens is 316 g/mol. The van der Waals surface area contributed by atoms with Crippen molar-refractivity contribution in [2.75, 3.05) is 5.32 Å². The molecule has 2 N–H and O–H groups in total. The maximum absolute atomic E-state index is 12.3. The van der Waals surface area contributed by atoms with E-state index < -0.39 is 0 Å². The van der Waals surface area contributed by atoms with E-state index in [0.29, 0.717) is 18.2 Å². The quantitative estimate of drug-likeness (QED) is 0.894. The Morgan fingerprint density at radius 2 is 1.88 bits per heavy atom. The van der Waals surface area contributed by atoms with Gasteiger partial charge in [-0.25, -0.2) is 19.4 Å². The molecule has 0 saturated carbocycles. The van der Waals surface area contributed by atoms with Crippen LogP contribution in [0.1, 0.15) is 58.8 Å². The number of aryl methyl sites for hydroxylation is 1. The van der Waals surface area contributed by atoms with E-state index in [1.54, 1.807) is 12.3 Å². The smallest absolute Gasteiger partial charge is 0.320 e. The fraction of sp³-hybridized carbons (Fsp3) is 0.556. The molecule has 0 aliphatic rings. The van der Waals surface area contributed by atoms with Crippen molar-refractivity contribution in [2.45, 2.75) is 66.0 Å². The monoisotopic (exact) mass is 344 g/mol. The van der Waals surface area contributed by atoms with Gasteiger partial charge in [-0.15, -0.1) is 0 Å². The van der Waals surface area contributed by atoms with Crippen LogP contribution in [0.2, 0.25) is 0 Å². The maximum atomic E-state index is 12.3. The molecule has 0 spiro atoms. The van der Waals surface area contributed by atoms with Gasteiger partial charge in [0.15, 0.2) is 0 Å². The number of nitrogens with one attached hydrogen (secondary N) is 2. The summed E-state index contributed by atoms with van der Waals surface area (Å²) in [5.74, 6) is 1.36. The van der Waals surface area contributed by atoms with E-state index in [-0.39, 0.29) is 17.0 Å². The summed E-state index contributed by atoms with van der Waals surface area (Å²) in [5, 5.41) is 10.4. The summed E-state index contributed by atoms with van der Waals surface area (Å²) in [6.45, 7) is 14.6. The molecule has 0 radical (unpaired) electrons. The highest BCUT2D eigenvalue weighted by molar-refractivity contribution is 5.88. The van der Waals surface area contributed by atoms with Gasteiger partial charge in [-0.1, -0.05) is 20.8 Å². The Morgan fingerprint density at radius 1 is 1.20 bits per heavy atom. The van der Waals surface area contributed by atoms with Crippen LogP contribution in [0.4, 0.5) is 10.6 Å². The van der Waals surface area contributed by atoms with E-state index in [1.807, 2.05) is 17.7 Å². The second-order valence-electron chi connectivity index (χ2n) is 8.15. The van der Waals surface area contributed by atoms with Gasteiger partial charge in [0, 0.05) is 17.7 Å². The largest absolute Gasteiger partial charge is 0.332 e. The lowest BCUT2D eigenvalue weighted by Crippen LogP contribution is -2.32. The van der Waals surface area contributed by atoms with Gasteiger partial charge in [0.2, 0.25) is 0 Å². The fourth-order valence-electron chi connectivity index (χ4n) is 2.28. The molecular formula is C18H28N6O. The Bertz CT molecular complexity index is 752. The lowest BCUT2D eigenvalue weighted by Gasteiger charge is -2.23. The summed E-state index contributed by atoms with van der Waals surface area (Å²) >= 11 is 0. The number of rotatable bonds is 3. The molecule has 0 fully saturated rings. The standard InChI is InChI=1S/C18H28N6O/c1-12-19-9-8-13(21-12)11-20-16(25)22-15-10-14(17(2,3)4)23-24(15)18(5,6)7/h8-10H,11H2,1-7H3,(H2,20,22,25). The van der Waals surface area contributed by atoms with Crippen molar-refractivity contribution in [3.63, 3.8) is 0 Å². The number of hydrogen-bond donors (Lipinski definition) is 2. The first-order chi connectivity index (χ1) is 11.5. The molecule has 2 amide bonds. The van der Waals surface area contributed by atoms with Crippen LogP contribution in [0, 0.1) is 6.92 Å². The molecule has 2 rings (SSSR count). The van der Waals surface area contributed by atoms with Crippen LogP contribution in [0.5, 0.6) is 0 Å². The maximum Gasteiger partial charge on any atom is 0.320 e. The predicted molar refractivity (Wildman–Crippen MR) is 98.6 cm³/mol. The van der Waals surface area contributed by atoms with E-state index in [0.717, 1.165) is 11.4 Å². The third kappa shape index (κ3) is 5.01. The van der Waals surface area contributed by atoms with Gasteiger partial charge < -0.3 is 5.32 Å². The predicted octanol–water partition coefficient (Wildman–Crippen LogP) is 3.36. The Balaban J connectivity index is 2.13. The molecule has 136 valence electrons. The van der Waals surface area contributed by atoms with E-state index in [2.05, 4.69) is 67.2 Å². The first kappa shape index (κ1) is 18.9. The SMILES string of the molecule is Cc1nccc(CNC(=O)Nc2cc(C(C)(C)C)nn2C(C)(C)C)n1. The van der Waals surface area contributed by atoms with Crippen LogP contribution in [0.15, 0.2) is 18.3 Å². The Morgan fingerprint density at radius 3 is 2.44 bits per heavy atom. The molecule has 2 aromatic heterocycles. The topological polar surface area (TPSA) is 84.7 Å². The van der Waals surface area contributed by atoms with Gasteiger partial charge >= 0.3 is 6.03 Å². The summed E-state index contributed by atoms with van der Waals surface area (Å²) in [6, 6.07) is 3.42. The lowest BCUT2D eigenvalue weighted by molar-refractivity contribution is 0.251. The summed E-state index contributed by atoms with van der Waals surface area (Å²) in [7, 11) is 0. The summed E-state index contributed by atoms with van der Waals surface area (Å²) < 4.78 is 1.85. The molecule has 0 unspecified atom stereocenters. The number of hydrogen-bond acceptors (Lipinski definition) is 4. The van der Waals surface area contributed by atoms with Gasteiger partial charge in [-0.05, 0) is 33.8 Å². The van der Waals surface area contributed by atoms with Crippen LogP contribution in [0.25, 0.3) is 0 Å². The fourth-order valence-corrected chi connectivity index (χ4v) is 2.28. The number of aromatic nitrogens is 4. The second-order valence-corrected chi connectivity index (χ2v) is 8.15. The van der Waals surface area contributed by atoms with Gasteiger partial charge in [-0.2, -0.15) is 5.10 Å². The number of carbonyl (C=O) groups is 1. The number of anilines is 1. The minimum absolute atomic E-state index is 0.0953. The number of nitrogens with zero attached hydrogens (tertiary/aromatic N) is 4. The van der Waals surface area contributed by atoms with Crippen molar-refractivity contribution in [2.24, 2.45) is 0 Å². The minimum Gasteiger partial charge on any atom is -0.332 e. The van der Waals surface area contributed by atoms with Crippen molar-refractivity contribution in [3.05, 3.63) is 35.5 Å². The van der Waals surface area contributed by atoms with Gasteiger partial charge in [0.05, 0.1) is 23.5 Å². The molecule has 0 bridgehead atoms. The average molecular weight is 344 g/mol. The number of urea groups is 1. The van der Waals surface area contributed by atoms with E-state index in [4.69, 9.17) is 0 Å². The normalized spacial score (nSPS) is 12.1. The zero-order valence-corrected chi connectivity index (χ0v) is 16.1. The molecule has 0 saturated heterocycles. The third-order valence-corrected chi connectivity index (χ3v) is 3.62. The zero-order valence-electron chi connectivity index (χ0n) is 16.1. The van der Waals surface area contributed by atoms with Crippen molar-refractivity contribution in [1.82, 2.24) is 25.1 Å². The first-order valence-electron chi connectivity index (χ1n) is 8.41. The molecule has 2 aromatic rings. The minimum atomic E-state index is -0.290. The highest BCUT2D eigenvalue weighted by atomic mass is 16.2. The van der Waals surface area contributed by atoms with E-state index >= 15 is 0 Å². The van der Waals surface area contributed by atoms with E-state index in [1.165, 1.54) is 0 Å². The van der Waals surface area contributed by atoms with Crippen LogP contribution < -0.4 is 10.6 Å². The molecule has 2 heterocycles. The first-order valence-corrected chi connectivity index (χ1v) is 8.41. The lowest BCUT2D eigenvalue weighted by atomic mass is 9.92. The van der Waals surface area contributed by atoms with Gasteiger partial charge in [0.25, 0.3) is 0 Å². The molecule has 0 atom stereocenters.